The zero-order valence-corrected chi connectivity index (χ0v) is 22.0. The molecule has 0 spiro atoms. The summed E-state index contributed by atoms with van der Waals surface area (Å²) < 4.78 is 48.1. The number of ether oxygens (including phenoxy) is 1. The van der Waals surface area contributed by atoms with Gasteiger partial charge in [0.1, 0.15) is 17.3 Å². The number of carbonyl (C=O) groups is 4. The van der Waals surface area contributed by atoms with E-state index in [9.17, 15) is 32.0 Å². The highest BCUT2D eigenvalue weighted by atomic mass is 32.2. The van der Waals surface area contributed by atoms with Crippen molar-refractivity contribution in [2.45, 2.75) is 84.1 Å². The Hall–Kier alpha value is -1.68. The number of Topliss-reactive ketones (excluding diaryl/α,β-unsaturated/α-hetero) is 3. The van der Waals surface area contributed by atoms with Crippen molar-refractivity contribution in [3.05, 3.63) is 0 Å². The van der Waals surface area contributed by atoms with Crippen LogP contribution < -0.4 is 0 Å². The molecule has 0 aromatic heterocycles. The van der Waals surface area contributed by atoms with Crippen LogP contribution in [0.2, 0.25) is 0 Å². The first-order valence-electron chi connectivity index (χ1n) is 13.1. The van der Waals surface area contributed by atoms with E-state index in [0.717, 1.165) is 19.3 Å². The average molecular weight is 529 g/mol. The van der Waals surface area contributed by atoms with E-state index in [1.165, 1.54) is 0 Å². The largest absolute Gasteiger partial charge is 0.463 e. The van der Waals surface area contributed by atoms with Gasteiger partial charge in [-0.05, 0) is 67.1 Å². The third-order valence-corrected chi connectivity index (χ3v) is 11.1. The Bertz CT molecular complexity index is 1060. The molecule has 0 radical (unpaired) electrons. The van der Waals surface area contributed by atoms with Crippen LogP contribution in [0.3, 0.4) is 0 Å². The molecule has 8 nitrogen and oxygen atoms in total. The third-order valence-electron chi connectivity index (χ3n) is 10.4. The van der Waals surface area contributed by atoms with Crippen LogP contribution in [0.25, 0.3) is 0 Å². The number of fused-ring (bicyclic) bond motifs is 5. The molecule has 202 valence electrons. The SMILES string of the molecule is CC(CCCOC(=O)C(F)S(=O)(=O)O)C1CCC2C3C(=O)CC4CC(=O)CCC4(C)C3CC(=O)C12C. The van der Waals surface area contributed by atoms with E-state index in [1.807, 2.05) is 13.8 Å². The predicted molar refractivity (Wildman–Crippen MR) is 127 cm³/mol. The Balaban J connectivity index is 1.43. The van der Waals surface area contributed by atoms with Gasteiger partial charge in [-0.15, -0.1) is 0 Å². The zero-order valence-electron chi connectivity index (χ0n) is 21.2. The first-order chi connectivity index (χ1) is 16.7. The van der Waals surface area contributed by atoms with Gasteiger partial charge >= 0.3 is 21.6 Å². The van der Waals surface area contributed by atoms with E-state index < -0.39 is 27.0 Å². The van der Waals surface area contributed by atoms with Crippen molar-refractivity contribution >= 4 is 33.4 Å². The fraction of sp³-hybridized carbons (Fsp3) is 0.846. The van der Waals surface area contributed by atoms with Gasteiger partial charge in [0.2, 0.25) is 0 Å². The van der Waals surface area contributed by atoms with Crippen LogP contribution >= 0.6 is 0 Å². The van der Waals surface area contributed by atoms with E-state index in [0.29, 0.717) is 38.5 Å². The summed E-state index contributed by atoms with van der Waals surface area (Å²) >= 11 is 0. The standard InChI is InChI=1S/C26H37FO8S/c1-14(5-4-10-35-24(31)23(27)36(32,33)34)17-6-7-18-22-19(13-21(30)26(17,18)3)25(2)9-8-16(28)11-15(25)12-20(22)29/h14-15,17-19,22-23H,4-13H2,1-3H3,(H,32,33,34). The Morgan fingerprint density at radius 1 is 1.14 bits per heavy atom. The lowest BCUT2D eigenvalue weighted by Gasteiger charge is -2.58. The topological polar surface area (TPSA) is 132 Å². The average Bonchev–Trinajstić information content (AvgIpc) is 3.15. The molecule has 4 aliphatic carbocycles. The van der Waals surface area contributed by atoms with Crippen LogP contribution in [0.1, 0.15) is 78.6 Å². The molecule has 9 atom stereocenters. The Labute approximate surface area is 211 Å². The summed E-state index contributed by atoms with van der Waals surface area (Å²) in [6.07, 6.45) is 5.08. The van der Waals surface area contributed by atoms with E-state index in [-0.39, 0.29) is 64.9 Å². The van der Waals surface area contributed by atoms with E-state index in [4.69, 9.17) is 4.55 Å². The second-order valence-electron chi connectivity index (χ2n) is 12.1. The highest BCUT2D eigenvalue weighted by Gasteiger charge is 2.66. The van der Waals surface area contributed by atoms with Crippen molar-refractivity contribution in [3.63, 3.8) is 0 Å². The van der Waals surface area contributed by atoms with Crippen LogP contribution in [0.15, 0.2) is 0 Å². The molecular formula is C26H37FO8S. The van der Waals surface area contributed by atoms with Crippen molar-refractivity contribution in [2.75, 3.05) is 6.61 Å². The summed E-state index contributed by atoms with van der Waals surface area (Å²) in [5.74, 6) is -1.01. The van der Waals surface area contributed by atoms with Crippen molar-refractivity contribution in [2.24, 2.45) is 46.3 Å². The number of hydrogen-bond acceptors (Lipinski definition) is 7. The molecule has 4 fully saturated rings. The minimum absolute atomic E-state index is 0.00709. The molecular weight excluding hydrogens is 491 g/mol. The van der Waals surface area contributed by atoms with Gasteiger partial charge in [0.25, 0.3) is 0 Å². The van der Waals surface area contributed by atoms with Crippen molar-refractivity contribution < 1.29 is 41.3 Å². The molecule has 0 aromatic carbocycles. The minimum Gasteiger partial charge on any atom is -0.463 e. The van der Waals surface area contributed by atoms with Crippen LogP contribution in [-0.4, -0.2) is 48.4 Å². The van der Waals surface area contributed by atoms with Gasteiger partial charge in [0.05, 0.1) is 6.61 Å². The number of halogens is 1. The summed E-state index contributed by atoms with van der Waals surface area (Å²) in [6, 6.07) is 0. The molecule has 10 heteroatoms. The molecule has 4 saturated carbocycles. The number of carbonyl (C=O) groups excluding carboxylic acids is 4. The normalized spacial score (nSPS) is 40.1. The maximum absolute atomic E-state index is 13.8. The lowest BCUT2D eigenvalue weighted by molar-refractivity contribution is -0.166. The summed E-state index contributed by atoms with van der Waals surface area (Å²) in [6.45, 7) is 6.03. The first kappa shape index (κ1) is 27.4. The number of hydrogen-bond donors (Lipinski definition) is 1. The van der Waals surface area contributed by atoms with Gasteiger partial charge in [0, 0.05) is 37.0 Å². The molecule has 4 rings (SSSR count). The van der Waals surface area contributed by atoms with Gasteiger partial charge in [-0.1, -0.05) is 20.8 Å². The molecule has 0 aliphatic heterocycles. The number of alkyl halides is 1. The van der Waals surface area contributed by atoms with Crippen LogP contribution in [0.4, 0.5) is 4.39 Å². The van der Waals surface area contributed by atoms with Gasteiger partial charge < -0.3 is 4.74 Å². The second-order valence-corrected chi connectivity index (χ2v) is 13.5. The molecule has 4 aliphatic rings. The van der Waals surface area contributed by atoms with Gasteiger partial charge in [-0.25, -0.2) is 9.18 Å². The number of esters is 1. The third kappa shape index (κ3) is 4.46. The smallest absolute Gasteiger partial charge is 0.359 e. The summed E-state index contributed by atoms with van der Waals surface area (Å²) in [4.78, 5) is 50.8. The maximum Gasteiger partial charge on any atom is 0.359 e. The minimum atomic E-state index is -5.15. The van der Waals surface area contributed by atoms with Crippen molar-refractivity contribution in [3.8, 4) is 0 Å². The molecule has 0 saturated heterocycles. The second kappa shape index (κ2) is 9.57. The van der Waals surface area contributed by atoms with E-state index in [2.05, 4.69) is 11.7 Å². The molecule has 0 heterocycles. The summed E-state index contributed by atoms with van der Waals surface area (Å²) in [5.41, 5.74) is -3.89. The molecule has 36 heavy (non-hydrogen) atoms. The summed E-state index contributed by atoms with van der Waals surface area (Å²) in [5, 5.41) is 0. The van der Waals surface area contributed by atoms with E-state index in [1.54, 1.807) is 0 Å². The lowest BCUT2D eigenvalue weighted by Crippen LogP contribution is -2.60. The van der Waals surface area contributed by atoms with Gasteiger partial charge in [0.15, 0.2) is 0 Å². The van der Waals surface area contributed by atoms with Gasteiger partial charge in [-0.3, -0.25) is 18.9 Å². The highest BCUT2D eigenvalue weighted by molar-refractivity contribution is 7.87. The highest BCUT2D eigenvalue weighted by Crippen LogP contribution is 2.66. The zero-order chi connectivity index (χ0) is 26.6. The predicted octanol–water partition coefficient (Wildman–Crippen LogP) is 3.72. The Morgan fingerprint density at radius 3 is 2.50 bits per heavy atom. The Morgan fingerprint density at radius 2 is 1.83 bits per heavy atom. The quantitative estimate of drug-likeness (QED) is 0.300. The number of ketones is 3. The molecule has 9 unspecified atom stereocenters. The van der Waals surface area contributed by atoms with Crippen LogP contribution in [0, 0.1) is 46.3 Å². The fourth-order valence-electron chi connectivity index (χ4n) is 8.36. The van der Waals surface area contributed by atoms with Gasteiger partial charge in [-0.2, -0.15) is 8.42 Å². The number of rotatable bonds is 7. The maximum atomic E-state index is 13.8. The van der Waals surface area contributed by atoms with Crippen LogP contribution in [0.5, 0.6) is 0 Å². The van der Waals surface area contributed by atoms with Crippen LogP contribution in [-0.2, 0) is 34.0 Å². The monoisotopic (exact) mass is 528 g/mol. The molecule has 1 N–H and O–H groups in total. The summed E-state index contributed by atoms with van der Waals surface area (Å²) in [7, 11) is -5.15. The lowest BCUT2D eigenvalue weighted by atomic mass is 9.44. The van der Waals surface area contributed by atoms with Crippen molar-refractivity contribution in [1.29, 1.82) is 0 Å². The Kier molecular flexibility index (Phi) is 7.27. The molecule has 0 bridgehead atoms. The van der Waals surface area contributed by atoms with Crippen molar-refractivity contribution in [1.82, 2.24) is 0 Å². The molecule has 0 amide bonds. The first-order valence-corrected chi connectivity index (χ1v) is 14.6. The fourth-order valence-corrected chi connectivity index (χ4v) is 8.67. The van der Waals surface area contributed by atoms with E-state index >= 15 is 0 Å². The molecule has 0 aromatic rings.